The number of anilines is 2. The van der Waals surface area contributed by atoms with Crippen molar-refractivity contribution < 1.29 is 18.7 Å². The average Bonchev–Trinajstić information content (AvgIpc) is 2.34. The number of hydrogen-bond donors (Lipinski definition) is 2. The van der Waals surface area contributed by atoms with Crippen LogP contribution >= 0.6 is 0 Å². The van der Waals surface area contributed by atoms with Crippen LogP contribution in [0.25, 0.3) is 0 Å². The molecule has 0 bridgehead atoms. The molecular weight excluding hydrogens is 242 g/mol. The zero-order valence-corrected chi connectivity index (χ0v) is 9.02. The summed E-state index contributed by atoms with van der Waals surface area (Å²) in [5.41, 5.74) is -0.504. The van der Waals surface area contributed by atoms with E-state index in [1.54, 1.807) is 6.07 Å². The van der Waals surface area contributed by atoms with Crippen LogP contribution in [0.1, 0.15) is 10.4 Å². The summed E-state index contributed by atoms with van der Waals surface area (Å²) in [4.78, 5) is 14.4. The number of aromatic carboxylic acids is 1. The average molecular weight is 250 g/mol. The van der Waals surface area contributed by atoms with Crippen LogP contribution < -0.4 is 5.32 Å². The van der Waals surface area contributed by atoms with Gasteiger partial charge in [0.1, 0.15) is 11.4 Å². The molecule has 0 aliphatic heterocycles. The number of benzene rings is 1. The molecular formula is C12H8F2N2O2. The van der Waals surface area contributed by atoms with E-state index in [1.165, 1.54) is 18.2 Å². The van der Waals surface area contributed by atoms with Gasteiger partial charge in [0.05, 0.1) is 5.69 Å². The van der Waals surface area contributed by atoms with Crippen molar-refractivity contribution in [3.8, 4) is 0 Å². The second kappa shape index (κ2) is 4.79. The summed E-state index contributed by atoms with van der Waals surface area (Å²) in [6.07, 6.45) is 1.13. The van der Waals surface area contributed by atoms with Gasteiger partial charge in [0.15, 0.2) is 11.6 Å². The van der Waals surface area contributed by atoms with Gasteiger partial charge in [-0.05, 0) is 18.2 Å². The Morgan fingerprint density at radius 1 is 1.22 bits per heavy atom. The summed E-state index contributed by atoms with van der Waals surface area (Å²) in [6, 6.07) is 6.66. The van der Waals surface area contributed by atoms with Gasteiger partial charge < -0.3 is 10.4 Å². The topological polar surface area (TPSA) is 62.2 Å². The quantitative estimate of drug-likeness (QED) is 0.879. The molecule has 1 aromatic heterocycles. The van der Waals surface area contributed by atoms with Crippen molar-refractivity contribution in [3.05, 3.63) is 53.7 Å². The highest BCUT2D eigenvalue weighted by Gasteiger charge is 2.15. The first-order chi connectivity index (χ1) is 8.59. The summed E-state index contributed by atoms with van der Waals surface area (Å²) < 4.78 is 27.0. The first-order valence-electron chi connectivity index (χ1n) is 4.99. The fraction of sp³-hybridized carbons (Fsp3) is 0. The van der Waals surface area contributed by atoms with Gasteiger partial charge in [-0.1, -0.05) is 12.1 Å². The van der Waals surface area contributed by atoms with Gasteiger partial charge in [0.2, 0.25) is 0 Å². The minimum Gasteiger partial charge on any atom is -0.478 e. The van der Waals surface area contributed by atoms with Crippen molar-refractivity contribution >= 4 is 17.5 Å². The Bertz CT molecular complexity index is 602. The van der Waals surface area contributed by atoms with Crippen LogP contribution in [0.2, 0.25) is 0 Å². The van der Waals surface area contributed by atoms with Crippen molar-refractivity contribution in [2.24, 2.45) is 0 Å². The van der Waals surface area contributed by atoms with Crippen LogP contribution in [-0.4, -0.2) is 16.1 Å². The molecule has 6 heteroatoms. The van der Waals surface area contributed by atoms with E-state index in [1.807, 2.05) is 0 Å². The lowest BCUT2D eigenvalue weighted by atomic mass is 10.2. The fourth-order valence-corrected chi connectivity index (χ4v) is 1.39. The third kappa shape index (κ3) is 2.27. The van der Waals surface area contributed by atoms with Gasteiger partial charge >= 0.3 is 5.97 Å². The minimum absolute atomic E-state index is 0.0199. The van der Waals surface area contributed by atoms with E-state index in [2.05, 4.69) is 10.3 Å². The lowest BCUT2D eigenvalue weighted by Gasteiger charge is -2.08. The maximum Gasteiger partial charge on any atom is 0.338 e. The number of hydrogen-bond acceptors (Lipinski definition) is 3. The number of carboxylic acids is 1. The van der Waals surface area contributed by atoms with Crippen molar-refractivity contribution in [2.75, 3.05) is 5.32 Å². The summed E-state index contributed by atoms with van der Waals surface area (Å²) in [5, 5.41) is 11.2. The Hall–Kier alpha value is -2.50. The SMILES string of the molecule is O=C(O)c1ccnc(Nc2ccccc2F)c1F. The van der Waals surface area contributed by atoms with Crippen LogP contribution in [-0.2, 0) is 0 Å². The van der Waals surface area contributed by atoms with Gasteiger partial charge in [-0.3, -0.25) is 0 Å². The van der Waals surface area contributed by atoms with E-state index < -0.39 is 23.2 Å². The molecule has 0 amide bonds. The van der Waals surface area contributed by atoms with Crippen LogP contribution in [0, 0.1) is 11.6 Å². The third-order valence-electron chi connectivity index (χ3n) is 2.25. The van der Waals surface area contributed by atoms with E-state index in [-0.39, 0.29) is 11.5 Å². The Balaban J connectivity index is 2.39. The predicted molar refractivity (Wildman–Crippen MR) is 60.8 cm³/mol. The Morgan fingerprint density at radius 2 is 1.94 bits per heavy atom. The van der Waals surface area contributed by atoms with Gasteiger partial charge in [0, 0.05) is 6.20 Å². The molecule has 1 aromatic carbocycles. The number of carboxylic acid groups (broad SMARTS) is 1. The Morgan fingerprint density at radius 3 is 2.61 bits per heavy atom. The Labute approximate surface area is 101 Å². The molecule has 0 aliphatic rings. The highest BCUT2D eigenvalue weighted by atomic mass is 19.1. The van der Waals surface area contributed by atoms with Crippen molar-refractivity contribution in [1.29, 1.82) is 0 Å². The van der Waals surface area contributed by atoms with Gasteiger partial charge in [-0.25, -0.2) is 18.6 Å². The summed E-state index contributed by atoms with van der Waals surface area (Å²) >= 11 is 0. The molecule has 0 aliphatic carbocycles. The molecule has 2 rings (SSSR count). The lowest BCUT2D eigenvalue weighted by molar-refractivity contribution is 0.0692. The maximum atomic E-state index is 13.7. The van der Waals surface area contributed by atoms with E-state index >= 15 is 0 Å². The van der Waals surface area contributed by atoms with Crippen LogP contribution in [0.5, 0.6) is 0 Å². The van der Waals surface area contributed by atoms with E-state index in [4.69, 9.17) is 5.11 Å². The molecule has 18 heavy (non-hydrogen) atoms. The first kappa shape index (κ1) is 12.0. The normalized spacial score (nSPS) is 10.1. The third-order valence-corrected chi connectivity index (χ3v) is 2.25. The second-order valence-electron chi connectivity index (χ2n) is 3.43. The largest absolute Gasteiger partial charge is 0.478 e. The zero-order chi connectivity index (χ0) is 13.1. The van der Waals surface area contributed by atoms with Crippen LogP contribution in [0.15, 0.2) is 36.5 Å². The first-order valence-corrected chi connectivity index (χ1v) is 4.99. The molecule has 0 atom stereocenters. The molecule has 0 saturated carbocycles. The highest BCUT2D eigenvalue weighted by molar-refractivity contribution is 5.89. The maximum absolute atomic E-state index is 13.7. The standard InChI is InChI=1S/C12H8F2N2O2/c13-8-3-1-2-4-9(8)16-11-10(14)7(12(17)18)5-6-15-11/h1-6H,(H,15,16)(H,17,18). The molecule has 4 nitrogen and oxygen atoms in total. The number of halogens is 2. The summed E-state index contributed by atoms with van der Waals surface area (Å²) in [5.74, 6) is -3.36. The van der Waals surface area contributed by atoms with Crippen LogP contribution in [0.3, 0.4) is 0 Å². The van der Waals surface area contributed by atoms with Crippen molar-refractivity contribution in [1.82, 2.24) is 4.98 Å². The number of carbonyl (C=O) groups is 1. The number of pyridine rings is 1. The molecule has 2 N–H and O–H groups in total. The second-order valence-corrected chi connectivity index (χ2v) is 3.43. The molecule has 0 spiro atoms. The molecule has 0 radical (unpaired) electrons. The monoisotopic (exact) mass is 250 g/mol. The van der Waals surface area contributed by atoms with Gasteiger partial charge in [0.25, 0.3) is 0 Å². The number of rotatable bonds is 3. The number of nitrogens with one attached hydrogen (secondary N) is 1. The van der Waals surface area contributed by atoms with Crippen LogP contribution in [0.4, 0.5) is 20.3 Å². The van der Waals surface area contributed by atoms with Crippen molar-refractivity contribution in [3.63, 3.8) is 0 Å². The number of aromatic nitrogens is 1. The molecule has 0 fully saturated rings. The van der Waals surface area contributed by atoms with E-state index in [0.29, 0.717) is 0 Å². The molecule has 0 saturated heterocycles. The predicted octanol–water partition coefficient (Wildman–Crippen LogP) is 2.80. The number of nitrogens with zero attached hydrogens (tertiary/aromatic N) is 1. The highest BCUT2D eigenvalue weighted by Crippen LogP contribution is 2.21. The molecule has 1 heterocycles. The Kier molecular flexibility index (Phi) is 3.18. The number of para-hydroxylation sites is 1. The summed E-state index contributed by atoms with van der Waals surface area (Å²) in [6.45, 7) is 0. The van der Waals surface area contributed by atoms with Gasteiger partial charge in [-0.2, -0.15) is 0 Å². The summed E-state index contributed by atoms with van der Waals surface area (Å²) in [7, 11) is 0. The lowest BCUT2D eigenvalue weighted by Crippen LogP contribution is -2.06. The van der Waals surface area contributed by atoms with E-state index in [0.717, 1.165) is 12.3 Å². The fourth-order valence-electron chi connectivity index (χ4n) is 1.39. The zero-order valence-electron chi connectivity index (χ0n) is 9.02. The molecule has 0 unspecified atom stereocenters. The minimum atomic E-state index is -1.41. The molecule has 92 valence electrons. The smallest absolute Gasteiger partial charge is 0.338 e. The van der Waals surface area contributed by atoms with E-state index in [9.17, 15) is 13.6 Å². The van der Waals surface area contributed by atoms with Crippen molar-refractivity contribution in [2.45, 2.75) is 0 Å². The molecule has 2 aromatic rings. The van der Waals surface area contributed by atoms with Gasteiger partial charge in [-0.15, -0.1) is 0 Å².